The van der Waals surface area contributed by atoms with Crippen molar-refractivity contribution >= 4 is 40.7 Å². The highest BCUT2D eigenvalue weighted by atomic mass is 35.5. The second-order valence-corrected chi connectivity index (χ2v) is 8.72. The van der Waals surface area contributed by atoms with Gasteiger partial charge in [-0.3, -0.25) is 9.59 Å². The van der Waals surface area contributed by atoms with Gasteiger partial charge in [0.1, 0.15) is 11.4 Å². The minimum Gasteiger partial charge on any atom is -0.508 e. The third-order valence-electron chi connectivity index (χ3n) is 5.88. The van der Waals surface area contributed by atoms with Crippen molar-refractivity contribution in [2.45, 2.75) is 22.1 Å². The number of alkyl halides is 2. The molecular weight excluding hydrogens is 492 g/mol. The highest BCUT2D eigenvalue weighted by Crippen LogP contribution is 2.60. The average Bonchev–Trinajstić information content (AvgIpc) is 2.94. The molecule has 1 aliphatic carbocycles. The van der Waals surface area contributed by atoms with E-state index in [4.69, 9.17) is 23.2 Å². The van der Waals surface area contributed by atoms with Crippen LogP contribution in [0.15, 0.2) is 48.6 Å². The van der Waals surface area contributed by atoms with Gasteiger partial charge < -0.3 is 5.11 Å². The summed E-state index contributed by atoms with van der Waals surface area (Å²) in [6.45, 7) is 3.62. The maximum Gasteiger partial charge on any atom is 0.258 e. The molecule has 2 amide bonds. The van der Waals surface area contributed by atoms with E-state index in [0.29, 0.717) is 0 Å². The van der Waals surface area contributed by atoms with Gasteiger partial charge >= 0.3 is 0 Å². The van der Waals surface area contributed by atoms with Gasteiger partial charge in [0, 0.05) is 11.5 Å². The number of halogens is 7. The summed E-state index contributed by atoms with van der Waals surface area (Å²) in [4.78, 5) is 21.7. The fraction of sp³-hybridized carbons (Fsp3) is 0.182. The Labute approximate surface area is 193 Å². The molecule has 1 aliphatic heterocycles. The SMILES string of the molecule is C=CC1=CC[C@@]2(Cl)C(=O)N(c3c(F)c(F)c(F)c(F)c3F)C(=O)[C@@]2(Cl)[C@H]1c1ccccc1O. The van der Waals surface area contributed by atoms with Crippen molar-refractivity contribution in [2.24, 2.45) is 0 Å². The van der Waals surface area contributed by atoms with Crippen LogP contribution in [0.4, 0.5) is 27.6 Å². The number of carbonyl (C=O) groups is 2. The highest BCUT2D eigenvalue weighted by Gasteiger charge is 2.73. The van der Waals surface area contributed by atoms with Crippen molar-refractivity contribution in [2.75, 3.05) is 4.90 Å². The molecule has 2 aromatic carbocycles. The number of hydrogen-bond donors (Lipinski definition) is 1. The lowest BCUT2D eigenvalue weighted by Gasteiger charge is -2.42. The molecule has 4 nitrogen and oxygen atoms in total. The third kappa shape index (κ3) is 2.81. The monoisotopic (exact) mass is 503 g/mol. The van der Waals surface area contributed by atoms with Gasteiger partial charge in [-0.2, -0.15) is 0 Å². The number of phenolic OH excluding ortho intramolecular Hbond substituents is 1. The van der Waals surface area contributed by atoms with Crippen LogP contribution in [0.2, 0.25) is 0 Å². The van der Waals surface area contributed by atoms with Crippen molar-refractivity contribution in [1.82, 2.24) is 0 Å². The number of phenols is 1. The van der Waals surface area contributed by atoms with Crippen molar-refractivity contribution in [3.05, 3.63) is 83.2 Å². The lowest BCUT2D eigenvalue weighted by molar-refractivity contribution is -0.122. The van der Waals surface area contributed by atoms with Crippen LogP contribution in [0, 0.1) is 29.1 Å². The van der Waals surface area contributed by atoms with E-state index in [0.717, 1.165) is 0 Å². The second kappa shape index (κ2) is 7.56. The Morgan fingerprint density at radius 2 is 1.52 bits per heavy atom. The fourth-order valence-electron chi connectivity index (χ4n) is 4.27. The van der Waals surface area contributed by atoms with E-state index < -0.39 is 68.7 Å². The van der Waals surface area contributed by atoms with E-state index in [1.165, 1.54) is 36.4 Å². The number of fused-ring (bicyclic) bond motifs is 1. The Balaban J connectivity index is 2.01. The summed E-state index contributed by atoms with van der Waals surface area (Å²) in [5.41, 5.74) is -1.50. The zero-order valence-electron chi connectivity index (χ0n) is 16.3. The average molecular weight is 504 g/mol. The number of imide groups is 1. The number of hydrogen-bond acceptors (Lipinski definition) is 3. The van der Waals surface area contributed by atoms with Crippen molar-refractivity contribution in [3.8, 4) is 5.75 Å². The molecule has 1 heterocycles. The summed E-state index contributed by atoms with van der Waals surface area (Å²) >= 11 is 13.2. The zero-order valence-corrected chi connectivity index (χ0v) is 17.8. The minimum absolute atomic E-state index is 0.0313. The molecule has 1 saturated heterocycles. The van der Waals surface area contributed by atoms with Crippen LogP contribution in [-0.2, 0) is 9.59 Å². The van der Waals surface area contributed by atoms with Gasteiger partial charge in [-0.15, -0.1) is 23.2 Å². The van der Waals surface area contributed by atoms with Gasteiger partial charge in [0.2, 0.25) is 5.82 Å². The molecular formula is C22H12Cl2F5NO3. The zero-order chi connectivity index (χ0) is 24.5. The van der Waals surface area contributed by atoms with Crippen LogP contribution < -0.4 is 4.90 Å². The first-order valence-electron chi connectivity index (χ1n) is 9.32. The van der Waals surface area contributed by atoms with Crippen LogP contribution in [0.3, 0.4) is 0 Å². The molecule has 0 saturated carbocycles. The molecule has 172 valence electrons. The lowest BCUT2D eigenvalue weighted by atomic mass is 9.68. The van der Waals surface area contributed by atoms with Crippen molar-refractivity contribution < 1.29 is 36.6 Å². The summed E-state index contributed by atoms with van der Waals surface area (Å²) in [5, 5.41) is 10.4. The molecule has 33 heavy (non-hydrogen) atoms. The second-order valence-electron chi connectivity index (χ2n) is 7.48. The van der Waals surface area contributed by atoms with Crippen LogP contribution in [0.25, 0.3) is 0 Å². The van der Waals surface area contributed by atoms with Gasteiger partial charge in [-0.1, -0.05) is 36.9 Å². The number of amides is 2. The Hall–Kier alpha value is -2.91. The molecule has 4 rings (SSSR count). The normalized spacial score (nSPS) is 26.9. The molecule has 2 aromatic rings. The van der Waals surface area contributed by atoms with Crippen molar-refractivity contribution in [3.63, 3.8) is 0 Å². The number of carbonyl (C=O) groups excluding carboxylic acids is 2. The number of rotatable bonds is 3. The van der Waals surface area contributed by atoms with Crippen LogP contribution in [-0.4, -0.2) is 26.7 Å². The first-order chi connectivity index (χ1) is 15.4. The Morgan fingerprint density at radius 3 is 2.06 bits per heavy atom. The first-order valence-corrected chi connectivity index (χ1v) is 10.1. The highest BCUT2D eigenvalue weighted by molar-refractivity contribution is 6.58. The topological polar surface area (TPSA) is 57.6 Å². The molecule has 1 fully saturated rings. The molecule has 0 bridgehead atoms. The summed E-state index contributed by atoms with van der Waals surface area (Å²) in [6.07, 6.45) is 2.25. The standard InChI is InChI=1S/C22H12Cl2F5NO3/c1-2-9-7-8-21(23)19(32)30(18-16(28)14(26)13(25)15(27)17(18)29)20(33)22(21,24)12(9)10-5-3-4-6-11(10)31/h2-7,12,31H,1,8H2/t12-,21-,22+/m1/s1. The summed E-state index contributed by atoms with van der Waals surface area (Å²) in [5.74, 6) is -16.7. The van der Waals surface area contributed by atoms with Gasteiger partial charge in [-0.05, 0) is 18.1 Å². The van der Waals surface area contributed by atoms with Crippen LogP contribution in [0.5, 0.6) is 5.75 Å². The predicted octanol–water partition coefficient (Wildman–Crippen LogP) is 5.22. The molecule has 0 unspecified atom stereocenters. The van der Waals surface area contributed by atoms with Crippen LogP contribution in [0.1, 0.15) is 17.9 Å². The lowest BCUT2D eigenvalue weighted by Crippen LogP contribution is -2.54. The smallest absolute Gasteiger partial charge is 0.258 e. The molecule has 3 atom stereocenters. The predicted molar refractivity (Wildman–Crippen MR) is 110 cm³/mol. The maximum absolute atomic E-state index is 14.5. The minimum atomic E-state index is -2.51. The van der Waals surface area contributed by atoms with Gasteiger partial charge in [-0.25, -0.2) is 26.9 Å². The summed E-state index contributed by atoms with van der Waals surface area (Å²) in [6, 6.07) is 5.60. The number of nitrogens with zero attached hydrogens (tertiary/aromatic N) is 1. The third-order valence-corrected chi connectivity index (χ3v) is 7.29. The largest absolute Gasteiger partial charge is 0.508 e. The quantitative estimate of drug-likeness (QED) is 0.205. The van der Waals surface area contributed by atoms with Gasteiger partial charge in [0.15, 0.2) is 33.0 Å². The van der Waals surface area contributed by atoms with Crippen LogP contribution >= 0.6 is 23.2 Å². The van der Waals surface area contributed by atoms with Gasteiger partial charge in [0.25, 0.3) is 11.8 Å². The van der Waals surface area contributed by atoms with E-state index in [1.54, 1.807) is 0 Å². The Morgan fingerprint density at radius 1 is 0.970 bits per heavy atom. The molecule has 11 heteroatoms. The summed E-state index contributed by atoms with van der Waals surface area (Å²) in [7, 11) is 0. The molecule has 0 aromatic heterocycles. The van der Waals surface area contributed by atoms with E-state index in [9.17, 15) is 36.6 Å². The van der Waals surface area contributed by atoms with E-state index in [-0.39, 0.29) is 21.8 Å². The van der Waals surface area contributed by atoms with E-state index >= 15 is 0 Å². The molecule has 1 N–H and O–H groups in total. The van der Waals surface area contributed by atoms with Gasteiger partial charge in [0.05, 0.1) is 0 Å². The number of benzene rings is 2. The fourth-order valence-corrected chi connectivity index (χ4v) is 5.11. The Bertz CT molecular complexity index is 1250. The molecule has 2 aliphatic rings. The number of aromatic hydroxyl groups is 1. The number of allylic oxidation sites excluding steroid dienone is 3. The van der Waals surface area contributed by atoms with E-state index in [2.05, 4.69) is 6.58 Å². The summed E-state index contributed by atoms with van der Waals surface area (Å²) < 4.78 is 70.3. The first kappa shape index (κ1) is 23.3. The van der Waals surface area contributed by atoms with E-state index in [1.807, 2.05) is 0 Å². The molecule has 0 spiro atoms. The Kier molecular flexibility index (Phi) is 5.33. The number of para-hydroxylation sites is 1. The number of anilines is 1. The van der Waals surface area contributed by atoms with Crippen molar-refractivity contribution in [1.29, 1.82) is 0 Å². The molecule has 0 radical (unpaired) electrons. The maximum atomic E-state index is 14.5.